The minimum atomic E-state index is -0.674. The first kappa shape index (κ1) is 19.3. The fourth-order valence-corrected chi connectivity index (χ4v) is 5.29. The molecule has 1 atom stereocenters. The van der Waals surface area contributed by atoms with Crippen LogP contribution in [0.2, 0.25) is 0 Å². The van der Waals surface area contributed by atoms with Crippen LogP contribution in [0.25, 0.3) is 0 Å². The lowest BCUT2D eigenvalue weighted by molar-refractivity contribution is -0.136. The molecule has 3 aliphatic heterocycles. The molecule has 0 bridgehead atoms. The van der Waals surface area contributed by atoms with E-state index in [4.69, 9.17) is 0 Å². The number of carbonyl (C=O) groups excluding carboxylic acids is 3. The van der Waals surface area contributed by atoms with Crippen molar-refractivity contribution in [2.45, 2.75) is 31.7 Å². The molecule has 2 N–H and O–H groups in total. The summed E-state index contributed by atoms with van der Waals surface area (Å²) in [4.78, 5) is 41.3. The molecule has 8 heteroatoms. The molecule has 156 valence electrons. The van der Waals surface area contributed by atoms with Gasteiger partial charge in [0.25, 0.3) is 0 Å². The van der Waals surface area contributed by atoms with Gasteiger partial charge in [-0.25, -0.2) is 0 Å². The smallest absolute Gasteiger partial charge is 0.313 e. The molecule has 30 heavy (non-hydrogen) atoms. The molecule has 0 spiro atoms. The van der Waals surface area contributed by atoms with Crippen LogP contribution in [0.5, 0.6) is 0 Å². The first-order valence-corrected chi connectivity index (χ1v) is 11.4. The zero-order chi connectivity index (χ0) is 20.7. The Morgan fingerprint density at radius 2 is 1.93 bits per heavy atom. The second-order valence-corrected chi connectivity index (χ2v) is 8.87. The third-order valence-corrected chi connectivity index (χ3v) is 6.89. The van der Waals surface area contributed by atoms with Gasteiger partial charge in [-0.1, -0.05) is 0 Å². The van der Waals surface area contributed by atoms with E-state index in [1.165, 1.54) is 5.56 Å². The Balaban J connectivity index is 1.24. The number of likely N-dealkylation sites (tertiary alicyclic amines) is 1. The van der Waals surface area contributed by atoms with Crippen LogP contribution in [0.4, 0.5) is 11.4 Å². The Bertz CT molecular complexity index is 1000. The summed E-state index contributed by atoms with van der Waals surface area (Å²) >= 11 is 1.63. The maximum Gasteiger partial charge on any atom is 0.313 e. The van der Waals surface area contributed by atoms with E-state index in [2.05, 4.69) is 27.0 Å². The van der Waals surface area contributed by atoms with Gasteiger partial charge in [0.2, 0.25) is 5.91 Å². The van der Waals surface area contributed by atoms with E-state index in [0.717, 1.165) is 55.7 Å². The number of benzene rings is 1. The standard InChI is InChI=1S/C22H24N4O3S/c27-19-11-16-10-17(9-14-3-1-7-26(19)20(14)16)24-22(29)21(28)23-12-18(25-5-2-6-25)15-4-8-30-13-15/h4,8-10,13,18H,1-3,5-7,11-12H2,(H,23,28)(H,24,29). The van der Waals surface area contributed by atoms with E-state index >= 15 is 0 Å². The van der Waals surface area contributed by atoms with Crippen LogP contribution >= 0.6 is 11.3 Å². The van der Waals surface area contributed by atoms with E-state index in [0.29, 0.717) is 18.7 Å². The fourth-order valence-electron chi connectivity index (χ4n) is 4.58. The summed E-state index contributed by atoms with van der Waals surface area (Å²) in [5, 5.41) is 9.64. The first-order valence-electron chi connectivity index (χ1n) is 10.4. The summed E-state index contributed by atoms with van der Waals surface area (Å²) in [6.07, 6.45) is 3.31. The van der Waals surface area contributed by atoms with Crippen LogP contribution in [-0.4, -0.2) is 48.8 Å². The lowest BCUT2D eigenvalue weighted by atomic mass is 9.99. The molecule has 0 saturated carbocycles. The Hall–Kier alpha value is -2.71. The summed E-state index contributed by atoms with van der Waals surface area (Å²) in [6, 6.07) is 5.88. The van der Waals surface area contributed by atoms with Crippen molar-refractivity contribution >= 4 is 40.4 Å². The maximum atomic E-state index is 12.5. The van der Waals surface area contributed by atoms with Crippen molar-refractivity contribution in [3.8, 4) is 0 Å². The number of hydrogen-bond acceptors (Lipinski definition) is 5. The lowest BCUT2D eigenvalue weighted by Gasteiger charge is -2.38. The highest BCUT2D eigenvalue weighted by molar-refractivity contribution is 7.08. The average Bonchev–Trinajstić information content (AvgIpc) is 3.33. The first-order chi connectivity index (χ1) is 14.6. The van der Waals surface area contributed by atoms with E-state index in [-0.39, 0.29) is 11.9 Å². The monoisotopic (exact) mass is 424 g/mol. The molecule has 1 aromatic heterocycles. The number of nitrogens with zero attached hydrogens (tertiary/aromatic N) is 2. The normalized spacial score (nSPS) is 18.5. The van der Waals surface area contributed by atoms with Crippen molar-refractivity contribution in [2.75, 3.05) is 36.4 Å². The van der Waals surface area contributed by atoms with Gasteiger partial charge in [0.1, 0.15) is 0 Å². The van der Waals surface area contributed by atoms with Gasteiger partial charge in [-0.3, -0.25) is 19.3 Å². The number of amides is 3. The third kappa shape index (κ3) is 3.50. The highest BCUT2D eigenvalue weighted by Crippen LogP contribution is 2.38. The predicted octanol–water partition coefficient (Wildman–Crippen LogP) is 2.09. The molecule has 1 saturated heterocycles. The molecule has 5 rings (SSSR count). The Morgan fingerprint density at radius 1 is 1.10 bits per heavy atom. The average molecular weight is 425 g/mol. The molecular formula is C22H24N4O3S. The number of nitrogens with one attached hydrogen (secondary N) is 2. The van der Waals surface area contributed by atoms with Crippen molar-refractivity contribution in [3.05, 3.63) is 45.6 Å². The summed E-state index contributed by atoms with van der Waals surface area (Å²) in [6.45, 7) is 3.18. The predicted molar refractivity (Wildman–Crippen MR) is 116 cm³/mol. The van der Waals surface area contributed by atoms with Gasteiger partial charge in [-0.05, 0) is 64.9 Å². The molecule has 2 aromatic rings. The number of carbonyl (C=O) groups is 3. The highest BCUT2D eigenvalue weighted by atomic mass is 32.1. The van der Waals surface area contributed by atoms with Crippen molar-refractivity contribution in [1.82, 2.24) is 10.2 Å². The van der Waals surface area contributed by atoms with Gasteiger partial charge in [0.15, 0.2) is 0 Å². The Morgan fingerprint density at radius 3 is 2.67 bits per heavy atom. The number of hydrogen-bond donors (Lipinski definition) is 2. The Kier molecular flexibility index (Phi) is 5.04. The van der Waals surface area contributed by atoms with Crippen LogP contribution in [-0.2, 0) is 27.2 Å². The van der Waals surface area contributed by atoms with Crippen molar-refractivity contribution in [2.24, 2.45) is 0 Å². The molecular weight excluding hydrogens is 400 g/mol. The minimum Gasteiger partial charge on any atom is -0.346 e. The highest BCUT2D eigenvalue weighted by Gasteiger charge is 2.33. The quantitative estimate of drug-likeness (QED) is 0.720. The number of aryl methyl sites for hydroxylation is 1. The number of rotatable bonds is 5. The molecule has 1 aromatic carbocycles. The van der Waals surface area contributed by atoms with Crippen LogP contribution in [0.15, 0.2) is 29.0 Å². The van der Waals surface area contributed by atoms with E-state index in [1.54, 1.807) is 11.3 Å². The molecule has 3 aliphatic rings. The van der Waals surface area contributed by atoms with Gasteiger partial charge in [-0.2, -0.15) is 11.3 Å². The summed E-state index contributed by atoms with van der Waals surface area (Å²) in [5.74, 6) is -1.20. The van der Waals surface area contributed by atoms with Crippen molar-refractivity contribution in [3.63, 3.8) is 0 Å². The Labute approximate surface area is 179 Å². The fraction of sp³-hybridized carbons (Fsp3) is 0.409. The lowest BCUT2D eigenvalue weighted by Crippen LogP contribution is -2.46. The van der Waals surface area contributed by atoms with Gasteiger partial charge >= 0.3 is 11.8 Å². The van der Waals surface area contributed by atoms with Gasteiger partial charge in [-0.15, -0.1) is 0 Å². The second kappa shape index (κ2) is 7.85. The zero-order valence-electron chi connectivity index (χ0n) is 16.6. The third-order valence-electron chi connectivity index (χ3n) is 6.19. The topological polar surface area (TPSA) is 81.8 Å². The van der Waals surface area contributed by atoms with Gasteiger partial charge in [0.05, 0.1) is 18.2 Å². The summed E-state index contributed by atoms with van der Waals surface area (Å²) in [7, 11) is 0. The number of anilines is 2. The van der Waals surface area contributed by atoms with Crippen LogP contribution in [0, 0.1) is 0 Å². The molecule has 4 heterocycles. The zero-order valence-corrected chi connectivity index (χ0v) is 17.5. The van der Waals surface area contributed by atoms with E-state index in [1.807, 2.05) is 22.4 Å². The van der Waals surface area contributed by atoms with Gasteiger partial charge < -0.3 is 15.5 Å². The van der Waals surface area contributed by atoms with E-state index in [9.17, 15) is 14.4 Å². The van der Waals surface area contributed by atoms with Crippen molar-refractivity contribution < 1.29 is 14.4 Å². The molecule has 1 unspecified atom stereocenters. The van der Waals surface area contributed by atoms with Crippen LogP contribution in [0.1, 0.15) is 35.6 Å². The molecule has 3 amide bonds. The van der Waals surface area contributed by atoms with E-state index < -0.39 is 11.8 Å². The molecule has 1 fully saturated rings. The minimum absolute atomic E-state index is 0.100. The molecule has 7 nitrogen and oxygen atoms in total. The largest absolute Gasteiger partial charge is 0.346 e. The van der Waals surface area contributed by atoms with Crippen LogP contribution in [0.3, 0.4) is 0 Å². The number of thiophene rings is 1. The second-order valence-electron chi connectivity index (χ2n) is 8.09. The van der Waals surface area contributed by atoms with Crippen molar-refractivity contribution in [1.29, 1.82) is 0 Å². The molecule has 0 radical (unpaired) electrons. The maximum absolute atomic E-state index is 12.5. The van der Waals surface area contributed by atoms with Gasteiger partial charge in [0, 0.05) is 31.9 Å². The SMILES string of the molecule is O=C(NCC(c1ccsc1)N1CCC1)C(=O)Nc1cc2c3c(c1)CC(=O)N3CCC2. The van der Waals surface area contributed by atoms with Crippen LogP contribution < -0.4 is 15.5 Å². The molecule has 0 aliphatic carbocycles. The summed E-state index contributed by atoms with van der Waals surface area (Å²) < 4.78 is 0. The summed E-state index contributed by atoms with van der Waals surface area (Å²) in [5.41, 5.74) is 4.76.